The van der Waals surface area contributed by atoms with Crippen molar-refractivity contribution in [1.82, 2.24) is 15.5 Å². The summed E-state index contributed by atoms with van der Waals surface area (Å²) in [6, 6.07) is 4.96. The quantitative estimate of drug-likeness (QED) is 0.626. The Morgan fingerprint density at radius 2 is 2.16 bits per heavy atom. The summed E-state index contributed by atoms with van der Waals surface area (Å²) >= 11 is 0. The monoisotopic (exact) mass is 345 g/mol. The number of nitrogens with one attached hydrogen (secondary N) is 1. The zero-order valence-corrected chi connectivity index (χ0v) is 13.8. The third kappa shape index (κ3) is 3.50. The van der Waals surface area contributed by atoms with Crippen molar-refractivity contribution in [3.05, 3.63) is 51.7 Å². The predicted molar refractivity (Wildman–Crippen MR) is 87.6 cm³/mol. The van der Waals surface area contributed by atoms with E-state index in [1.54, 1.807) is 6.92 Å². The lowest BCUT2D eigenvalue weighted by atomic mass is 9.99. The van der Waals surface area contributed by atoms with Gasteiger partial charge in [-0.1, -0.05) is 24.1 Å². The zero-order chi connectivity index (χ0) is 18.0. The number of carbonyl (C=O) groups excluding carboxylic acids is 1. The van der Waals surface area contributed by atoms with E-state index >= 15 is 0 Å². The van der Waals surface area contributed by atoms with Crippen LogP contribution in [0.5, 0.6) is 0 Å². The molecular formula is C16H19N5O4. The number of rotatable bonds is 5. The molecule has 9 nitrogen and oxygen atoms in total. The second-order valence-corrected chi connectivity index (χ2v) is 6.32. The average molecular weight is 345 g/mol. The molecule has 3 rings (SSSR count). The van der Waals surface area contributed by atoms with Crippen LogP contribution in [0.4, 0.5) is 5.69 Å². The Hall–Kier alpha value is -2.81. The van der Waals surface area contributed by atoms with Gasteiger partial charge in [0.2, 0.25) is 5.89 Å². The highest BCUT2D eigenvalue weighted by Gasteiger charge is 2.36. The van der Waals surface area contributed by atoms with Gasteiger partial charge in [-0.25, -0.2) is 0 Å². The molecule has 1 aromatic heterocycles. The molecular weight excluding hydrogens is 326 g/mol. The minimum Gasteiger partial charge on any atom is -0.341 e. The Morgan fingerprint density at radius 1 is 1.44 bits per heavy atom. The van der Waals surface area contributed by atoms with E-state index in [9.17, 15) is 14.9 Å². The van der Waals surface area contributed by atoms with Crippen molar-refractivity contribution in [2.75, 3.05) is 0 Å². The molecule has 1 unspecified atom stereocenters. The van der Waals surface area contributed by atoms with Gasteiger partial charge in [-0.05, 0) is 25.8 Å². The maximum Gasteiger partial charge on any atom is 0.270 e. The van der Waals surface area contributed by atoms with Crippen LogP contribution in [0.25, 0.3) is 0 Å². The molecule has 132 valence electrons. The van der Waals surface area contributed by atoms with Gasteiger partial charge in [-0.3, -0.25) is 14.9 Å². The van der Waals surface area contributed by atoms with Crippen LogP contribution in [-0.2, 0) is 5.54 Å². The lowest BCUT2D eigenvalue weighted by Gasteiger charge is -2.17. The number of nitrogens with zero attached hydrogens (tertiary/aromatic N) is 3. The maximum atomic E-state index is 12.3. The van der Waals surface area contributed by atoms with Crippen LogP contribution >= 0.6 is 0 Å². The summed E-state index contributed by atoms with van der Waals surface area (Å²) in [7, 11) is 0. The van der Waals surface area contributed by atoms with E-state index < -0.39 is 22.4 Å². The lowest BCUT2D eigenvalue weighted by Crippen LogP contribution is -2.34. The van der Waals surface area contributed by atoms with Gasteiger partial charge in [0.1, 0.15) is 6.04 Å². The second kappa shape index (κ2) is 6.60. The molecule has 0 spiro atoms. The summed E-state index contributed by atoms with van der Waals surface area (Å²) in [4.78, 5) is 26.9. The van der Waals surface area contributed by atoms with Crippen LogP contribution in [0.15, 0.2) is 28.8 Å². The number of nitrogens with two attached hydrogens (primary N) is 1. The number of benzene rings is 1. The van der Waals surface area contributed by atoms with Gasteiger partial charge in [0, 0.05) is 17.7 Å². The van der Waals surface area contributed by atoms with E-state index in [1.807, 2.05) is 0 Å². The molecule has 3 N–H and O–H groups in total. The fourth-order valence-corrected chi connectivity index (χ4v) is 2.95. The largest absolute Gasteiger partial charge is 0.341 e. The minimum atomic E-state index is -0.564. The number of carbonyl (C=O) groups is 1. The highest BCUT2D eigenvalue weighted by Crippen LogP contribution is 2.34. The van der Waals surface area contributed by atoms with Crippen LogP contribution < -0.4 is 11.1 Å². The van der Waals surface area contributed by atoms with Crippen molar-refractivity contribution in [2.24, 2.45) is 5.73 Å². The van der Waals surface area contributed by atoms with Gasteiger partial charge in [0.15, 0.2) is 5.82 Å². The molecule has 0 aliphatic heterocycles. The van der Waals surface area contributed by atoms with Crippen molar-refractivity contribution in [1.29, 1.82) is 0 Å². The standard InChI is InChI=1S/C16H19N5O4/c1-10(14-19-15(20-25-14)16(17)7-2-3-8-16)18-13(22)11-5-4-6-12(9-11)21(23)24/h4-6,9-10H,2-3,7-8,17H2,1H3,(H,18,22). The molecule has 1 heterocycles. The molecule has 1 amide bonds. The highest BCUT2D eigenvalue weighted by molar-refractivity contribution is 5.94. The van der Waals surface area contributed by atoms with Gasteiger partial charge in [-0.2, -0.15) is 4.98 Å². The molecule has 1 aromatic carbocycles. The Kier molecular flexibility index (Phi) is 4.49. The van der Waals surface area contributed by atoms with E-state index in [4.69, 9.17) is 10.3 Å². The zero-order valence-electron chi connectivity index (χ0n) is 13.8. The molecule has 9 heteroatoms. The summed E-state index contributed by atoms with van der Waals surface area (Å²) in [5.74, 6) is 0.251. The van der Waals surface area contributed by atoms with E-state index in [1.165, 1.54) is 24.3 Å². The first-order valence-electron chi connectivity index (χ1n) is 8.07. The second-order valence-electron chi connectivity index (χ2n) is 6.32. The van der Waals surface area contributed by atoms with Crippen LogP contribution in [-0.4, -0.2) is 21.0 Å². The van der Waals surface area contributed by atoms with Crippen molar-refractivity contribution >= 4 is 11.6 Å². The Labute approximate surface area is 143 Å². The van der Waals surface area contributed by atoms with Crippen molar-refractivity contribution in [2.45, 2.75) is 44.2 Å². The Balaban J connectivity index is 1.71. The van der Waals surface area contributed by atoms with Gasteiger partial charge in [-0.15, -0.1) is 0 Å². The normalized spacial score (nSPS) is 17.2. The summed E-state index contributed by atoms with van der Waals surface area (Å²) in [6.45, 7) is 1.70. The van der Waals surface area contributed by atoms with Crippen molar-refractivity contribution in [3.63, 3.8) is 0 Å². The number of amides is 1. The third-order valence-corrected chi connectivity index (χ3v) is 4.42. The minimum absolute atomic E-state index is 0.147. The SMILES string of the molecule is CC(NC(=O)c1cccc([N+](=O)[O-])c1)c1nc(C2(N)CCCC2)no1. The molecule has 2 aromatic rings. The number of hydrogen-bond donors (Lipinski definition) is 2. The first-order chi connectivity index (χ1) is 11.9. The summed E-state index contributed by atoms with van der Waals surface area (Å²) < 4.78 is 5.24. The van der Waals surface area contributed by atoms with Crippen LogP contribution in [0.1, 0.15) is 60.7 Å². The molecule has 0 radical (unpaired) electrons. The smallest absolute Gasteiger partial charge is 0.270 e. The molecule has 1 fully saturated rings. The number of hydrogen-bond acceptors (Lipinski definition) is 7. The molecule has 0 bridgehead atoms. The van der Waals surface area contributed by atoms with Gasteiger partial charge >= 0.3 is 0 Å². The molecule has 1 saturated carbocycles. The Morgan fingerprint density at radius 3 is 2.84 bits per heavy atom. The third-order valence-electron chi connectivity index (χ3n) is 4.42. The van der Waals surface area contributed by atoms with Crippen molar-refractivity contribution in [3.8, 4) is 0 Å². The molecule has 1 aliphatic rings. The molecule has 25 heavy (non-hydrogen) atoms. The average Bonchev–Trinajstić information content (AvgIpc) is 3.25. The van der Waals surface area contributed by atoms with Gasteiger partial charge < -0.3 is 15.6 Å². The van der Waals surface area contributed by atoms with Crippen molar-refractivity contribution < 1.29 is 14.2 Å². The van der Waals surface area contributed by atoms with Gasteiger partial charge in [0.25, 0.3) is 11.6 Å². The number of nitro groups is 1. The summed E-state index contributed by atoms with van der Waals surface area (Å²) in [6.07, 6.45) is 3.67. The highest BCUT2D eigenvalue weighted by atomic mass is 16.6. The van der Waals surface area contributed by atoms with E-state index in [0.29, 0.717) is 5.82 Å². The number of aromatic nitrogens is 2. The topological polar surface area (TPSA) is 137 Å². The number of non-ortho nitro benzene ring substituents is 1. The summed E-state index contributed by atoms with van der Waals surface area (Å²) in [5, 5.41) is 17.5. The Bertz CT molecular complexity index is 797. The van der Waals surface area contributed by atoms with E-state index in [-0.39, 0.29) is 17.1 Å². The first kappa shape index (κ1) is 17.0. The van der Waals surface area contributed by atoms with Crippen LogP contribution in [0.3, 0.4) is 0 Å². The predicted octanol–water partition coefficient (Wildman–Crippen LogP) is 2.20. The molecule has 0 saturated heterocycles. The molecule has 1 aliphatic carbocycles. The fraction of sp³-hybridized carbons (Fsp3) is 0.438. The summed E-state index contributed by atoms with van der Waals surface area (Å²) in [5.41, 5.74) is 5.77. The maximum absolute atomic E-state index is 12.3. The van der Waals surface area contributed by atoms with Gasteiger partial charge in [0.05, 0.1) is 10.5 Å². The van der Waals surface area contributed by atoms with Crippen LogP contribution in [0, 0.1) is 10.1 Å². The first-order valence-corrected chi connectivity index (χ1v) is 8.07. The van der Waals surface area contributed by atoms with E-state index in [2.05, 4.69) is 15.5 Å². The van der Waals surface area contributed by atoms with E-state index in [0.717, 1.165) is 25.7 Å². The van der Waals surface area contributed by atoms with Crippen LogP contribution in [0.2, 0.25) is 0 Å². The number of nitro benzene ring substituents is 1. The lowest BCUT2D eigenvalue weighted by molar-refractivity contribution is -0.384. The fourth-order valence-electron chi connectivity index (χ4n) is 2.95. The molecule has 1 atom stereocenters.